The minimum atomic E-state index is 0.0120. The first-order valence-electron chi connectivity index (χ1n) is 9.31. The maximum absolute atomic E-state index is 12.3. The second-order valence-corrected chi connectivity index (χ2v) is 6.44. The average Bonchev–Trinajstić information content (AvgIpc) is 2.73. The molecule has 6 nitrogen and oxygen atoms in total. The van der Waals surface area contributed by atoms with Gasteiger partial charge in [0, 0.05) is 32.6 Å². The number of nitrogens with zero attached hydrogens (tertiary/aromatic N) is 1. The Morgan fingerprint density at radius 3 is 2.59 bits per heavy atom. The van der Waals surface area contributed by atoms with E-state index in [0.29, 0.717) is 13.0 Å². The molecular weight excluding hydrogens is 342 g/mol. The van der Waals surface area contributed by atoms with Crippen LogP contribution in [0.15, 0.2) is 48.5 Å². The highest BCUT2D eigenvalue weighted by molar-refractivity contribution is 5.94. The van der Waals surface area contributed by atoms with Crippen LogP contribution in [-0.2, 0) is 16.1 Å². The van der Waals surface area contributed by atoms with Gasteiger partial charge in [0.1, 0.15) is 5.75 Å². The molecule has 0 radical (unpaired) electrons. The van der Waals surface area contributed by atoms with E-state index in [1.165, 1.54) is 0 Å². The summed E-state index contributed by atoms with van der Waals surface area (Å²) in [5.41, 5.74) is 3.08. The van der Waals surface area contributed by atoms with E-state index >= 15 is 0 Å². The molecule has 1 heterocycles. The molecule has 0 atom stereocenters. The molecule has 6 heteroatoms. The van der Waals surface area contributed by atoms with Crippen LogP contribution in [0.4, 0.5) is 11.4 Å². The summed E-state index contributed by atoms with van der Waals surface area (Å²) in [7, 11) is 1.66. The van der Waals surface area contributed by atoms with Gasteiger partial charge >= 0.3 is 0 Å². The lowest BCUT2D eigenvalue weighted by molar-refractivity contribution is -0.116. The summed E-state index contributed by atoms with van der Waals surface area (Å²) in [5, 5.41) is 6.35. The van der Waals surface area contributed by atoms with Crippen LogP contribution < -0.4 is 20.3 Å². The van der Waals surface area contributed by atoms with E-state index in [2.05, 4.69) is 15.5 Å². The lowest BCUT2D eigenvalue weighted by Gasteiger charge is -2.30. The van der Waals surface area contributed by atoms with Crippen molar-refractivity contribution in [1.82, 2.24) is 5.32 Å². The van der Waals surface area contributed by atoms with Crippen LogP contribution in [0.25, 0.3) is 0 Å². The van der Waals surface area contributed by atoms with Crippen LogP contribution in [0.5, 0.6) is 5.75 Å². The second-order valence-electron chi connectivity index (χ2n) is 6.44. The Kier molecular flexibility index (Phi) is 7.07. The lowest BCUT2D eigenvalue weighted by atomic mass is 10.2. The Balaban J connectivity index is 1.45. The quantitative estimate of drug-likeness (QED) is 0.701. The van der Waals surface area contributed by atoms with Crippen molar-refractivity contribution in [3.8, 4) is 5.75 Å². The topological polar surface area (TPSA) is 62.8 Å². The minimum absolute atomic E-state index is 0.0120. The Labute approximate surface area is 160 Å². The lowest BCUT2D eigenvalue weighted by Crippen LogP contribution is -2.36. The number of carbonyl (C=O) groups is 1. The van der Waals surface area contributed by atoms with Gasteiger partial charge in [-0.15, -0.1) is 0 Å². The first-order chi connectivity index (χ1) is 13.3. The van der Waals surface area contributed by atoms with E-state index in [-0.39, 0.29) is 5.91 Å². The molecule has 1 aliphatic heterocycles. The Hall–Kier alpha value is -2.57. The fraction of sp³-hybridized carbons (Fsp3) is 0.381. The summed E-state index contributed by atoms with van der Waals surface area (Å²) in [6.45, 7) is 4.47. The van der Waals surface area contributed by atoms with Gasteiger partial charge in [0.25, 0.3) is 0 Å². The highest BCUT2D eigenvalue weighted by atomic mass is 16.5. The number of amides is 1. The highest BCUT2D eigenvalue weighted by Crippen LogP contribution is 2.26. The maximum Gasteiger partial charge on any atom is 0.225 e. The number of nitrogens with one attached hydrogen (secondary N) is 2. The minimum Gasteiger partial charge on any atom is -0.497 e. The van der Waals surface area contributed by atoms with E-state index in [0.717, 1.165) is 55.5 Å². The number of benzene rings is 2. The molecule has 0 aromatic heterocycles. The number of methoxy groups -OCH3 is 1. The zero-order valence-electron chi connectivity index (χ0n) is 15.7. The number of para-hydroxylation sites is 2. The fourth-order valence-corrected chi connectivity index (χ4v) is 3.05. The number of ether oxygens (including phenoxy) is 2. The third kappa shape index (κ3) is 5.70. The van der Waals surface area contributed by atoms with Crippen molar-refractivity contribution < 1.29 is 14.3 Å². The van der Waals surface area contributed by atoms with Gasteiger partial charge in [0.15, 0.2) is 0 Å². The summed E-state index contributed by atoms with van der Waals surface area (Å²) >= 11 is 0. The van der Waals surface area contributed by atoms with Gasteiger partial charge < -0.3 is 25.0 Å². The summed E-state index contributed by atoms with van der Waals surface area (Å²) in [6, 6.07) is 15.8. The van der Waals surface area contributed by atoms with Crippen molar-refractivity contribution >= 4 is 17.3 Å². The molecule has 144 valence electrons. The van der Waals surface area contributed by atoms with Crippen molar-refractivity contribution in [1.29, 1.82) is 0 Å². The molecule has 0 spiro atoms. The molecule has 1 amide bonds. The van der Waals surface area contributed by atoms with Crippen LogP contribution in [0.2, 0.25) is 0 Å². The summed E-state index contributed by atoms with van der Waals surface area (Å²) in [5.74, 6) is 0.856. The predicted octanol–water partition coefficient (Wildman–Crippen LogP) is 2.65. The van der Waals surface area contributed by atoms with Gasteiger partial charge in [0.2, 0.25) is 5.91 Å². The molecule has 2 aromatic rings. The van der Waals surface area contributed by atoms with Crippen molar-refractivity contribution in [3.63, 3.8) is 0 Å². The number of hydrogen-bond acceptors (Lipinski definition) is 5. The third-order valence-electron chi connectivity index (χ3n) is 4.55. The largest absolute Gasteiger partial charge is 0.497 e. The normalized spacial score (nSPS) is 14.0. The van der Waals surface area contributed by atoms with Crippen LogP contribution in [-0.4, -0.2) is 45.9 Å². The SMILES string of the molecule is COc1ccc(CNCCC(=O)Nc2ccccc2N2CCOCC2)cc1. The number of anilines is 2. The summed E-state index contributed by atoms with van der Waals surface area (Å²) in [4.78, 5) is 14.6. The molecule has 0 bridgehead atoms. The van der Waals surface area contributed by atoms with Gasteiger partial charge in [-0.2, -0.15) is 0 Å². The monoisotopic (exact) mass is 369 g/mol. The molecule has 27 heavy (non-hydrogen) atoms. The molecule has 2 N–H and O–H groups in total. The first-order valence-corrected chi connectivity index (χ1v) is 9.31. The van der Waals surface area contributed by atoms with E-state index in [9.17, 15) is 4.79 Å². The number of rotatable bonds is 8. The number of morpholine rings is 1. The number of hydrogen-bond donors (Lipinski definition) is 2. The van der Waals surface area contributed by atoms with Crippen molar-refractivity contribution in [2.45, 2.75) is 13.0 Å². The molecule has 0 unspecified atom stereocenters. The van der Waals surface area contributed by atoms with Crippen LogP contribution >= 0.6 is 0 Å². The Bertz CT molecular complexity index is 728. The molecule has 3 rings (SSSR count). The molecule has 1 fully saturated rings. The number of carbonyl (C=O) groups excluding carboxylic acids is 1. The van der Waals surface area contributed by atoms with Gasteiger partial charge in [-0.05, 0) is 29.8 Å². The molecule has 2 aromatic carbocycles. The van der Waals surface area contributed by atoms with Crippen molar-refractivity contribution in [2.75, 3.05) is 50.2 Å². The maximum atomic E-state index is 12.3. The molecule has 0 aliphatic carbocycles. The van der Waals surface area contributed by atoms with Crippen LogP contribution in [0.1, 0.15) is 12.0 Å². The standard InChI is InChI=1S/C21H27N3O3/c1-26-18-8-6-17(7-9-18)16-22-11-10-21(25)23-19-4-2-3-5-20(19)24-12-14-27-15-13-24/h2-9,22H,10-16H2,1H3,(H,23,25). The van der Waals surface area contributed by atoms with Crippen molar-refractivity contribution in [3.05, 3.63) is 54.1 Å². The summed E-state index contributed by atoms with van der Waals surface area (Å²) < 4.78 is 10.6. The predicted molar refractivity (Wildman–Crippen MR) is 107 cm³/mol. The molecule has 1 aliphatic rings. The Morgan fingerprint density at radius 2 is 1.85 bits per heavy atom. The van der Waals surface area contributed by atoms with Gasteiger partial charge in [-0.3, -0.25) is 4.79 Å². The van der Waals surface area contributed by atoms with E-state index in [1.807, 2.05) is 48.5 Å². The van der Waals surface area contributed by atoms with E-state index < -0.39 is 0 Å². The van der Waals surface area contributed by atoms with Crippen LogP contribution in [0, 0.1) is 0 Å². The third-order valence-corrected chi connectivity index (χ3v) is 4.55. The van der Waals surface area contributed by atoms with Gasteiger partial charge in [-0.25, -0.2) is 0 Å². The fourth-order valence-electron chi connectivity index (χ4n) is 3.05. The van der Waals surface area contributed by atoms with Gasteiger partial charge in [0.05, 0.1) is 31.7 Å². The zero-order valence-corrected chi connectivity index (χ0v) is 15.7. The molecular formula is C21H27N3O3. The first kappa shape index (κ1) is 19.2. The summed E-state index contributed by atoms with van der Waals surface area (Å²) in [6.07, 6.45) is 0.424. The average molecular weight is 369 g/mol. The molecule has 0 saturated carbocycles. The second kappa shape index (κ2) is 9.94. The smallest absolute Gasteiger partial charge is 0.225 e. The Morgan fingerprint density at radius 1 is 1.11 bits per heavy atom. The van der Waals surface area contributed by atoms with Crippen molar-refractivity contribution in [2.24, 2.45) is 0 Å². The highest BCUT2D eigenvalue weighted by Gasteiger charge is 2.15. The van der Waals surface area contributed by atoms with Gasteiger partial charge in [-0.1, -0.05) is 24.3 Å². The molecule has 1 saturated heterocycles. The van der Waals surface area contributed by atoms with E-state index in [4.69, 9.17) is 9.47 Å². The van der Waals surface area contributed by atoms with E-state index in [1.54, 1.807) is 7.11 Å². The zero-order chi connectivity index (χ0) is 18.9. The van der Waals surface area contributed by atoms with Crippen LogP contribution in [0.3, 0.4) is 0 Å².